The van der Waals surface area contributed by atoms with Crippen molar-refractivity contribution >= 4 is 11.7 Å². The average Bonchev–Trinajstić information content (AvgIpc) is 2.75. The molecular formula is C14H17N3O2. The van der Waals surface area contributed by atoms with Crippen molar-refractivity contribution < 1.29 is 9.53 Å². The Bertz CT molecular complexity index is 571. The predicted octanol–water partition coefficient (Wildman–Crippen LogP) is 2.43. The highest BCUT2D eigenvalue weighted by Gasteiger charge is 2.12. The topological polar surface area (TPSA) is 67.0 Å². The van der Waals surface area contributed by atoms with Crippen molar-refractivity contribution in [2.75, 3.05) is 12.4 Å². The van der Waals surface area contributed by atoms with Crippen LogP contribution >= 0.6 is 0 Å². The normalized spacial score (nSPS) is 10.3. The number of nitrogens with zero attached hydrogens (tertiary/aromatic N) is 1. The number of para-hydroxylation sites is 1. The van der Waals surface area contributed by atoms with Crippen LogP contribution in [-0.4, -0.2) is 23.3 Å². The molecule has 1 aromatic carbocycles. The Morgan fingerprint density at radius 3 is 2.74 bits per heavy atom. The minimum absolute atomic E-state index is 0.344. The second kappa shape index (κ2) is 5.56. The molecule has 0 aliphatic rings. The summed E-state index contributed by atoms with van der Waals surface area (Å²) in [4.78, 5) is 11.6. The van der Waals surface area contributed by atoms with Crippen molar-refractivity contribution in [3.8, 4) is 0 Å². The Morgan fingerprint density at radius 2 is 2.11 bits per heavy atom. The van der Waals surface area contributed by atoms with Gasteiger partial charge in [-0.05, 0) is 26.0 Å². The Labute approximate surface area is 112 Å². The van der Waals surface area contributed by atoms with Gasteiger partial charge >= 0.3 is 5.97 Å². The Hall–Kier alpha value is -2.30. The number of H-pyrrole nitrogens is 1. The van der Waals surface area contributed by atoms with Crippen LogP contribution in [0.5, 0.6) is 0 Å². The number of aromatic nitrogens is 2. The van der Waals surface area contributed by atoms with Crippen molar-refractivity contribution in [2.45, 2.75) is 20.4 Å². The van der Waals surface area contributed by atoms with Gasteiger partial charge in [-0.1, -0.05) is 12.1 Å². The number of methoxy groups -OCH3 is 1. The van der Waals surface area contributed by atoms with Gasteiger partial charge in [-0.2, -0.15) is 5.10 Å². The van der Waals surface area contributed by atoms with Gasteiger partial charge in [-0.15, -0.1) is 0 Å². The summed E-state index contributed by atoms with van der Waals surface area (Å²) in [6.45, 7) is 4.54. The number of ether oxygens (including phenoxy) is 1. The number of hydrogen-bond donors (Lipinski definition) is 2. The van der Waals surface area contributed by atoms with E-state index in [4.69, 9.17) is 4.74 Å². The van der Waals surface area contributed by atoms with Crippen LogP contribution in [-0.2, 0) is 11.3 Å². The first-order valence-electron chi connectivity index (χ1n) is 6.05. The van der Waals surface area contributed by atoms with Crippen LogP contribution in [0.2, 0.25) is 0 Å². The molecule has 2 N–H and O–H groups in total. The van der Waals surface area contributed by atoms with Gasteiger partial charge < -0.3 is 10.1 Å². The molecule has 19 heavy (non-hydrogen) atoms. The first kappa shape index (κ1) is 13.1. The van der Waals surface area contributed by atoms with Gasteiger partial charge in [-0.25, -0.2) is 4.79 Å². The number of nitrogens with one attached hydrogen (secondary N) is 2. The average molecular weight is 259 g/mol. The van der Waals surface area contributed by atoms with E-state index in [1.807, 2.05) is 32.0 Å². The standard InChI is InChI=1S/C14H17N3O2/c1-9-12(10(2)17-16-9)8-15-13-7-5-4-6-11(13)14(18)19-3/h4-7,15H,8H2,1-3H3,(H,16,17). The maximum Gasteiger partial charge on any atom is 0.339 e. The number of rotatable bonds is 4. The molecule has 5 nitrogen and oxygen atoms in total. The molecule has 1 aromatic heterocycles. The van der Waals surface area contributed by atoms with E-state index >= 15 is 0 Å². The second-order valence-corrected chi connectivity index (χ2v) is 4.30. The summed E-state index contributed by atoms with van der Waals surface area (Å²) >= 11 is 0. The lowest BCUT2D eigenvalue weighted by atomic mass is 10.1. The number of anilines is 1. The molecule has 0 unspecified atom stereocenters. The molecule has 1 heterocycles. The maximum atomic E-state index is 11.6. The summed E-state index contributed by atoms with van der Waals surface area (Å²) in [7, 11) is 1.38. The van der Waals surface area contributed by atoms with Gasteiger partial charge in [0.15, 0.2) is 0 Å². The van der Waals surface area contributed by atoms with E-state index in [1.165, 1.54) is 7.11 Å². The molecule has 2 rings (SSSR count). The van der Waals surface area contributed by atoms with E-state index in [0.717, 1.165) is 22.6 Å². The number of esters is 1. The molecule has 5 heteroatoms. The smallest absolute Gasteiger partial charge is 0.339 e. The summed E-state index contributed by atoms with van der Waals surface area (Å²) in [6.07, 6.45) is 0. The number of aryl methyl sites for hydroxylation is 2. The van der Waals surface area contributed by atoms with Crippen LogP contribution in [0.1, 0.15) is 27.3 Å². The van der Waals surface area contributed by atoms with Gasteiger partial charge in [0.05, 0.1) is 18.4 Å². The molecule has 2 aromatic rings. The molecule has 0 radical (unpaired) electrons. The van der Waals surface area contributed by atoms with Crippen molar-refractivity contribution in [1.82, 2.24) is 10.2 Å². The SMILES string of the molecule is COC(=O)c1ccccc1NCc1c(C)n[nH]c1C. The fourth-order valence-corrected chi connectivity index (χ4v) is 1.94. The molecule has 0 saturated carbocycles. The minimum atomic E-state index is -0.344. The molecule has 0 aliphatic heterocycles. The van der Waals surface area contributed by atoms with E-state index in [-0.39, 0.29) is 5.97 Å². The van der Waals surface area contributed by atoms with Crippen LogP contribution in [0, 0.1) is 13.8 Å². The fraction of sp³-hybridized carbons (Fsp3) is 0.286. The fourth-order valence-electron chi connectivity index (χ4n) is 1.94. The summed E-state index contributed by atoms with van der Waals surface area (Å²) in [5.41, 5.74) is 4.39. The van der Waals surface area contributed by atoms with Gasteiger partial charge in [0.1, 0.15) is 0 Å². The predicted molar refractivity (Wildman–Crippen MR) is 73.2 cm³/mol. The molecule has 0 amide bonds. The molecule has 100 valence electrons. The van der Waals surface area contributed by atoms with Crippen molar-refractivity contribution in [3.63, 3.8) is 0 Å². The zero-order chi connectivity index (χ0) is 13.8. The molecular weight excluding hydrogens is 242 g/mol. The maximum absolute atomic E-state index is 11.6. The highest BCUT2D eigenvalue weighted by atomic mass is 16.5. The molecule has 0 spiro atoms. The van der Waals surface area contributed by atoms with E-state index in [1.54, 1.807) is 6.07 Å². The number of carbonyl (C=O) groups excluding carboxylic acids is 1. The van der Waals surface area contributed by atoms with Gasteiger partial charge in [0, 0.05) is 23.5 Å². The van der Waals surface area contributed by atoms with Crippen molar-refractivity contribution in [2.24, 2.45) is 0 Å². The number of benzene rings is 1. The van der Waals surface area contributed by atoms with Crippen LogP contribution in [0.25, 0.3) is 0 Å². The molecule has 0 fully saturated rings. The van der Waals surface area contributed by atoms with Crippen molar-refractivity contribution in [3.05, 3.63) is 46.8 Å². The zero-order valence-corrected chi connectivity index (χ0v) is 11.3. The first-order valence-corrected chi connectivity index (χ1v) is 6.05. The third kappa shape index (κ3) is 2.76. The van der Waals surface area contributed by atoms with Gasteiger partial charge in [0.25, 0.3) is 0 Å². The summed E-state index contributed by atoms with van der Waals surface area (Å²) < 4.78 is 4.76. The van der Waals surface area contributed by atoms with E-state index in [2.05, 4.69) is 15.5 Å². The Morgan fingerprint density at radius 1 is 1.37 bits per heavy atom. The lowest BCUT2D eigenvalue weighted by Crippen LogP contribution is -2.08. The van der Waals surface area contributed by atoms with Crippen LogP contribution in [0.3, 0.4) is 0 Å². The Kier molecular flexibility index (Phi) is 3.85. The molecule has 0 aliphatic carbocycles. The van der Waals surface area contributed by atoms with E-state index < -0.39 is 0 Å². The summed E-state index contributed by atoms with van der Waals surface area (Å²) in [6, 6.07) is 7.29. The zero-order valence-electron chi connectivity index (χ0n) is 11.3. The number of carbonyl (C=O) groups is 1. The van der Waals surface area contributed by atoms with E-state index in [0.29, 0.717) is 12.1 Å². The summed E-state index contributed by atoms with van der Waals surface area (Å²) in [5, 5.41) is 10.3. The summed E-state index contributed by atoms with van der Waals surface area (Å²) in [5.74, 6) is -0.344. The lowest BCUT2D eigenvalue weighted by Gasteiger charge is -2.10. The van der Waals surface area contributed by atoms with Crippen molar-refractivity contribution in [1.29, 1.82) is 0 Å². The largest absolute Gasteiger partial charge is 0.465 e. The van der Waals surface area contributed by atoms with Gasteiger partial charge in [-0.3, -0.25) is 5.10 Å². The van der Waals surface area contributed by atoms with Crippen LogP contribution in [0.15, 0.2) is 24.3 Å². The Balaban J connectivity index is 2.18. The molecule has 0 saturated heterocycles. The number of aromatic amines is 1. The number of hydrogen-bond acceptors (Lipinski definition) is 4. The first-order chi connectivity index (χ1) is 9.13. The minimum Gasteiger partial charge on any atom is -0.465 e. The molecule has 0 bridgehead atoms. The monoisotopic (exact) mass is 259 g/mol. The van der Waals surface area contributed by atoms with Crippen LogP contribution < -0.4 is 5.32 Å². The van der Waals surface area contributed by atoms with Gasteiger partial charge in [0.2, 0.25) is 0 Å². The lowest BCUT2D eigenvalue weighted by molar-refractivity contribution is 0.0602. The third-order valence-electron chi connectivity index (χ3n) is 3.07. The third-order valence-corrected chi connectivity index (χ3v) is 3.07. The van der Waals surface area contributed by atoms with E-state index in [9.17, 15) is 4.79 Å². The van der Waals surface area contributed by atoms with Crippen LogP contribution in [0.4, 0.5) is 5.69 Å². The highest BCUT2D eigenvalue weighted by molar-refractivity contribution is 5.95. The second-order valence-electron chi connectivity index (χ2n) is 4.30. The quantitative estimate of drug-likeness (QED) is 0.827. The highest BCUT2D eigenvalue weighted by Crippen LogP contribution is 2.18. The molecule has 0 atom stereocenters.